The third-order valence-electron chi connectivity index (χ3n) is 4.42. The lowest BCUT2D eigenvalue weighted by molar-refractivity contribution is -0.143. The van der Waals surface area contributed by atoms with Gasteiger partial charge in [0.05, 0.1) is 12.6 Å². The van der Waals surface area contributed by atoms with E-state index in [0.717, 1.165) is 0 Å². The van der Waals surface area contributed by atoms with Gasteiger partial charge in [-0.2, -0.15) is 0 Å². The van der Waals surface area contributed by atoms with Gasteiger partial charge in [-0.1, -0.05) is 27.7 Å². The quantitative estimate of drug-likeness (QED) is 0.155. The number of primary amides is 1. The van der Waals surface area contributed by atoms with Crippen molar-refractivity contribution in [1.29, 1.82) is 0 Å². The molecular weight excluding hydrogens is 410 g/mol. The number of amides is 4. The Balaban J connectivity index is 5.31. The Morgan fingerprint density at radius 2 is 1.39 bits per heavy atom. The number of rotatable bonds is 14. The average Bonchev–Trinajstić information content (AvgIpc) is 2.65. The number of aliphatic hydroxyl groups excluding tert-OH is 1. The van der Waals surface area contributed by atoms with Crippen molar-refractivity contribution in [3.63, 3.8) is 0 Å². The molecule has 0 aromatic rings. The van der Waals surface area contributed by atoms with Gasteiger partial charge >= 0.3 is 5.97 Å². The van der Waals surface area contributed by atoms with Crippen LogP contribution in [0.25, 0.3) is 0 Å². The molecule has 0 heterocycles. The molecule has 0 rings (SSSR count). The van der Waals surface area contributed by atoms with Crippen molar-refractivity contribution in [2.75, 3.05) is 6.61 Å². The highest BCUT2D eigenvalue weighted by molar-refractivity contribution is 5.94. The molecule has 0 aliphatic heterocycles. The van der Waals surface area contributed by atoms with Crippen LogP contribution in [0.5, 0.6) is 0 Å². The zero-order chi connectivity index (χ0) is 24.3. The Morgan fingerprint density at radius 1 is 0.871 bits per heavy atom. The Hall–Kier alpha value is -2.73. The van der Waals surface area contributed by atoms with Crippen molar-refractivity contribution < 1.29 is 34.2 Å². The Kier molecular flexibility index (Phi) is 12.4. The van der Waals surface area contributed by atoms with E-state index < -0.39 is 66.3 Å². The molecule has 0 aromatic heterocycles. The first-order valence-corrected chi connectivity index (χ1v) is 10.1. The zero-order valence-electron chi connectivity index (χ0n) is 18.4. The van der Waals surface area contributed by atoms with Gasteiger partial charge in [-0.3, -0.25) is 19.2 Å². The summed E-state index contributed by atoms with van der Waals surface area (Å²) in [4.78, 5) is 59.7. The second kappa shape index (κ2) is 13.5. The van der Waals surface area contributed by atoms with Gasteiger partial charge in [0.1, 0.15) is 18.1 Å². The first kappa shape index (κ1) is 28.3. The maximum absolute atomic E-state index is 12.6. The molecule has 178 valence electrons. The Morgan fingerprint density at radius 3 is 1.81 bits per heavy atom. The average molecular weight is 446 g/mol. The van der Waals surface area contributed by atoms with Crippen molar-refractivity contribution >= 4 is 29.6 Å². The summed E-state index contributed by atoms with van der Waals surface area (Å²) in [5.74, 6) is -4.68. The number of nitrogens with one attached hydrogen (secondary N) is 3. The molecule has 0 spiro atoms. The van der Waals surface area contributed by atoms with Crippen LogP contribution in [-0.2, 0) is 24.0 Å². The van der Waals surface area contributed by atoms with E-state index in [4.69, 9.17) is 11.5 Å². The Labute approximate surface area is 181 Å². The maximum atomic E-state index is 12.6. The molecule has 31 heavy (non-hydrogen) atoms. The van der Waals surface area contributed by atoms with E-state index in [9.17, 15) is 34.2 Å². The summed E-state index contributed by atoms with van der Waals surface area (Å²) < 4.78 is 0. The standard InChI is InChI=1S/C19H35N5O7/c1-9(2)7-11(20)16(27)23-13(8-25)18(29)22-12(5-6-14(21)26)17(28)24-15(10(3)4)19(30)31/h9-13,15,25H,5-8,20H2,1-4H3,(H2,21,26)(H,22,29)(H,23,27)(H,24,28)(H,30,31). The summed E-state index contributed by atoms with van der Waals surface area (Å²) in [6, 6.07) is -4.81. The number of carboxylic acid groups (broad SMARTS) is 1. The number of aliphatic hydroxyl groups is 1. The van der Waals surface area contributed by atoms with Crippen molar-refractivity contribution in [1.82, 2.24) is 16.0 Å². The third-order valence-corrected chi connectivity index (χ3v) is 4.42. The molecule has 0 fully saturated rings. The normalized spacial score (nSPS) is 15.0. The largest absolute Gasteiger partial charge is 0.480 e. The molecule has 4 atom stereocenters. The lowest BCUT2D eigenvalue weighted by Gasteiger charge is -2.25. The minimum absolute atomic E-state index is 0.132. The Bertz CT molecular complexity index is 654. The van der Waals surface area contributed by atoms with Gasteiger partial charge in [-0.05, 0) is 24.7 Å². The zero-order valence-corrected chi connectivity index (χ0v) is 18.4. The van der Waals surface area contributed by atoms with E-state index >= 15 is 0 Å². The molecule has 12 nitrogen and oxygen atoms in total. The summed E-state index contributed by atoms with van der Waals surface area (Å²) in [5, 5.41) is 25.7. The summed E-state index contributed by atoms with van der Waals surface area (Å²) in [7, 11) is 0. The minimum Gasteiger partial charge on any atom is -0.480 e. The molecule has 9 N–H and O–H groups in total. The predicted octanol–water partition coefficient (Wildman–Crippen LogP) is -2.19. The van der Waals surface area contributed by atoms with Gasteiger partial charge in [0, 0.05) is 6.42 Å². The second-order valence-corrected chi connectivity index (χ2v) is 8.11. The molecule has 0 aliphatic carbocycles. The third kappa shape index (κ3) is 10.7. The van der Waals surface area contributed by atoms with Gasteiger partial charge < -0.3 is 37.6 Å². The van der Waals surface area contributed by atoms with Crippen molar-refractivity contribution in [3.8, 4) is 0 Å². The van der Waals surface area contributed by atoms with Gasteiger partial charge in [-0.15, -0.1) is 0 Å². The number of carbonyl (C=O) groups excluding carboxylic acids is 4. The molecule has 0 aromatic carbocycles. The summed E-state index contributed by atoms with van der Waals surface area (Å²) in [6.07, 6.45) is -0.0927. The van der Waals surface area contributed by atoms with E-state index in [0.29, 0.717) is 6.42 Å². The van der Waals surface area contributed by atoms with Crippen LogP contribution in [-0.4, -0.2) is 70.6 Å². The van der Waals surface area contributed by atoms with Gasteiger partial charge in [0.2, 0.25) is 23.6 Å². The molecule has 0 aliphatic rings. The van der Waals surface area contributed by atoms with E-state index in [-0.39, 0.29) is 18.8 Å². The molecular formula is C19H35N5O7. The van der Waals surface area contributed by atoms with Crippen LogP contribution in [0.1, 0.15) is 47.0 Å². The predicted molar refractivity (Wildman–Crippen MR) is 111 cm³/mol. The van der Waals surface area contributed by atoms with E-state index in [1.165, 1.54) is 0 Å². The van der Waals surface area contributed by atoms with Gasteiger partial charge in [-0.25, -0.2) is 4.79 Å². The summed E-state index contributed by atoms with van der Waals surface area (Å²) >= 11 is 0. The van der Waals surface area contributed by atoms with Crippen LogP contribution in [0.2, 0.25) is 0 Å². The number of hydrogen-bond acceptors (Lipinski definition) is 7. The van der Waals surface area contributed by atoms with Crippen molar-refractivity contribution in [2.24, 2.45) is 23.3 Å². The number of aliphatic carboxylic acids is 1. The highest BCUT2D eigenvalue weighted by Crippen LogP contribution is 2.06. The lowest BCUT2D eigenvalue weighted by Crippen LogP contribution is -2.58. The highest BCUT2D eigenvalue weighted by Gasteiger charge is 2.31. The second-order valence-electron chi connectivity index (χ2n) is 8.11. The highest BCUT2D eigenvalue weighted by atomic mass is 16.4. The van der Waals surface area contributed by atoms with Crippen LogP contribution < -0.4 is 27.4 Å². The first-order valence-electron chi connectivity index (χ1n) is 10.1. The van der Waals surface area contributed by atoms with Crippen LogP contribution in [0.4, 0.5) is 0 Å². The van der Waals surface area contributed by atoms with Crippen molar-refractivity contribution in [3.05, 3.63) is 0 Å². The van der Waals surface area contributed by atoms with Gasteiger partial charge in [0.25, 0.3) is 0 Å². The molecule has 0 saturated heterocycles. The molecule has 0 bridgehead atoms. The summed E-state index contributed by atoms with van der Waals surface area (Å²) in [5.41, 5.74) is 10.9. The number of carbonyl (C=O) groups is 5. The topological polar surface area (TPSA) is 214 Å². The molecule has 4 unspecified atom stereocenters. The first-order chi connectivity index (χ1) is 14.3. The number of carboxylic acids is 1. The van der Waals surface area contributed by atoms with E-state index in [1.807, 2.05) is 13.8 Å². The van der Waals surface area contributed by atoms with Gasteiger partial charge in [0.15, 0.2) is 0 Å². The molecule has 0 saturated carbocycles. The van der Waals surface area contributed by atoms with E-state index in [1.54, 1.807) is 13.8 Å². The van der Waals surface area contributed by atoms with Crippen molar-refractivity contribution in [2.45, 2.75) is 71.1 Å². The molecule has 0 radical (unpaired) electrons. The monoisotopic (exact) mass is 445 g/mol. The smallest absolute Gasteiger partial charge is 0.326 e. The summed E-state index contributed by atoms with van der Waals surface area (Å²) in [6.45, 7) is 6.15. The fourth-order valence-corrected chi connectivity index (χ4v) is 2.68. The van der Waals surface area contributed by atoms with Crippen LogP contribution in [0, 0.1) is 11.8 Å². The SMILES string of the molecule is CC(C)CC(N)C(=O)NC(CO)C(=O)NC(CCC(N)=O)C(=O)NC(C(=O)O)C(C)C. The van der Waals surface area contributed by atoms with Crippen LogP contribution in [0.3, 0.4) is 0 Å². The van der Waals surface area contributed by atoms with E-state index in [2.05, 4.69) is 16.0 Å². The van der Waals surface area contributed by atoms with Crippen LogP contribution in [0.15, 0.2) is 0 Å². The maximum Gasteiger partial charge on any atom is 0.326 e. The number of nitrogens with two attached hydrogens (primary N) is 2. The fourth-order valence-electron chi connectivity index (χ4n) is 2.68. The fraction of sp³-hybridized carbons (Fsp3) is 0.737. The minimum atomic E-state index is -1.39. The number of hydrogen-bond donors (Lipinski definition) is 7. The molecule has 4 amide bonds. The van der Waals surface area contributed by atoms with Crippen LogP contribution >= 0.6 is 0 Å². The lowest BCUT2D eigenvalue weighted by atomic mass is 10.0. The molecule has 12 heteroatoms.